The third-order valence-electron chi connectivity index (χ3n) is 6.05. The second kappa shape index (κ2) is 8.00. The highest BCUT2D eigenvalue weighted by atomic mass is 16.5. The van der Waals surface area contributed by atoms with Gasteiger partial charge >= 0.3 is 0 Å². The standard InChI is InChI=1S/C25H25N5O2/c1-16-17(2)29(13-12-18-10-11-20(31-3)21(14-18)32-4)24-22(16)25-27-23(28-30(25)15-26-24)19-8-6-5-7-9-19/h5-11,14-15H,12-13H2,1-4H3. The number of rotatable bonds is 6. The van der Waals surface area contributed by atoms with Gasteiger partial charge in [-0.1, -0.05) is 36.4 Å². The molecule has 0 bridgehead atoms. The van der Waals surface area contributed by atoms with Gasteiger partial charge in [0.25, 0.3) is 0 Å². The summed E-state index contributed by atoms with van der Waals surface area (Å²) in [4.78, 5) is 9.60. The first-order valence-corrected chi connectivity index (χ1v) is 10.6. The van der Waals surface area contributed by atoms with E-state index in [0.29, 0.717) is 5.82 Å². The van der Waals surface area contributed by atoms with Crippen LogP contribution in [0.15, 0.2) is 54.9 Å². The van der Waals surface area contributed by atoms with Crippen molar-refractivity contribution in [1.82, 2.24) is 24.1 Å². The van der Waals surface area contributed by atoms with E-state index in [1.807, 2.05) is 42.5 Å². The van der Waals surface area contributed by atoms with E-state index >= 15 is 0 Å². The predicted molar refractivity (Wildman–Crippen MR) is 124 cm³/mol. The van der Waals surface area contributed by atoms with Gasteiger partial charge in [-0.3, -0.25) is 0 Å². The molecule has 0 saturated heterocycles. The maximum absolute atomic E-state index is 5.45. The summed E-state index contributed by atoms with van der Waals surface area (Å²) >= 11 is 0. The maximum atomic E-state index is 5.45. The molecule has 0 fully saturated rings. The number of fused-ring (bicyclic) bond motifs is 3. The molecule has 7 heteroatoms. The molecule has 0 saturated carbocycles. The summed E-state index contributed by atoms with van der Waals surface area (Å²) < 4.78 is 14.8. The van der Waals surface area contributed by atoms with Crippen molar-refractivity contribution in [2.75, 3.05) is 14.2 Å². The van der Waals surface area contributed by atoms with E-state index in [2.05, 4.69) is 29.6 Å². The Hall–Kier alpha value is -3.87. The number of methoxy groups -OCH3 is 2. The van der Waals surface area contributed by atoms with E-state index in [1.165, 1.54) is 16.8 Å². The van der Waals surface area contributed by atoms with Gasteiger partial charge in [-0.2, -0.15) is 0 Å². The highest BCUT2D eigenvalue weighted by molar-refractivity contribution is 5.94. The zero-order valence-corrected chi connectivity index (χ0v) is 18.7. The van der Waals surface area contributed by atoms with Gasteiger partial charge in [0, 0.05) is 17.8 Å². The van der Waals surface area contributed by atoms with Gasteiger partial charge < -0.3 is 14.0 Å². The molecule has 32 heavy (non-hydrogen) atoms. The van der Waals surface area contributed by atoms with Gasteiger partial charge in [-0.25, -0.2) is 14.5 Å². The summed E-state index contributed by atoms with van der Waals surface area (Å²) in [6.45, 7) is 5.06. The second-order valence-corrected chi connectivity index (χ2v) is 7.81. The Kier molecular flexibility index (Phi) is 5.01. The SMILES string of the molecule is COc1ccc(CCn2c(C)c(C)c3c2ncn2nc(-c4ccccc4)nc32)cc1OC. The summed E-state index contributed by atoms with van der Waals surface area (Å²) in [6, 6.07) is 16.1. The lowest BCUT2D eigenvalue weighted by Gasteiger charge is -2.11. The smallest absolute Gasteiger partial charge is 0.182 e. The fourth-order valence-electron chi connectivity index (χ4n) is 4.19. The van der Waals surface area contributed by atoms with Crippen LogP contribution in [0.25, 0.3) is 28.1 Å². The van der Waals surface area contributed by atoms with Crippen LogP contribution in [-0.4, -0.2) is 38.4 Å². The molecule has 0 spiro atoms. The van der Waals surface area contributed by atoms with Gasteiger partial charge in [0.2, 0.25) is 0 Å². The van der Waals surface area contributed by atoms with Crippen LogP contribution < -0.4 is 9.47 Å². The Balaban J connectivity index is 1.54. The fourth-order valence-corrected chi connectivity index (χ4v) is 4.19. The first-order chi connectivity index (χ1) is 15.6. The van der Waals surface area contributed by atoms with Gasteiger partial charge in [-0.05, 0) is 43.5 Å². The molecule has 0 amide bonds. The molecule has 0 aliphatic rings. The molecule has 0 radical (unpaired) electrons. The first-order valence-electron chi connectivity index (χ1n) is 10.6. The molecule has 7 nitrogen and oxygen atoms in total. The number of nitrogens with zero attached hydrogens (tertiary/aromatic N) is 5. The fraction of sp³-hybridized carbons (Fsp3) is 0.240. The monoisotopic (exact) mass is 427 g/mol. The molecule has 0 aliphatic heterocycles. The average Bonchev–Trinajstić information content (AvgIpc) is 3.37. The van der Waals surface area contributed by atoms with E-state index in [4.69, 9.17) is 19.4 Å². The Labute approximate surface area is 186 Å². The highest BCUT2D eigenvalue weighted by Crippen LogP contribution is 2.30. The average molecular weight is 428 g/mol. The van der Waals surface area contributed by atoms with E-state index in [9.17, 15) is 0 Å². The van der Waals surface area contributed by atoms with Crippen molar-refractivity contribution < 1.29 is 9.47 Å². The summed E-state index contributed by atoms with van der Waals surface area (Å²) in [5.74, 6) is 2.18. The Morgan fingerprint density at radius 3 is 2.44 bits per heavy atom. The Morgan fingerprint density at radius 2 is 1.69 bits per heavy atom. The van der Waals surface area contributed by atoms with Gasteiger partial charge in [0.05, 0.1) is 19.6 Å². The van der Waals surface area contributed by atoms with Crippen molar-refractivity contribution in [2.45, 2.75) is 26.8 Å². The van der Waals surface area contributed by atoms with Crippen molar-refractivity contribution in [3.8, 4) is 22.9 Å². The summed E-state index contributed by atoms with van der Waals surface area (Å²) in [6.07, 6.45) is 2.60. The van der Waals surface area contributed by atoms with Crippen LogP contribution in [0.3, 0.4) is 0 Å². The maximum Gasteiger partial charge on any atom is 0.182 e. The Morgan fingerprint density at radius 1 is 0.906 bits per heavy atom. The number of hydrogen-bond donors (Lipinski definition) is 0. The van der Waals surface area contributed by atoms with Crippen molar-refractivity contribution in [3.05, 3.63) is 71.7 Å². The lowest BCUT2D eigenvalue weighted by Crippen LogP contribution is -2.05. The lowest BCUT2D eigenvalue weighted by molar-refractivity contribution is 0.354. The van der Waals surface area contributed by atoms with Crippen LogP contribution in [0.2, 0.25) is 0 Å². The molecule has 5 aromatic rings. The van der Waals surface area contributed by atoms with Gasteiger partial charge in [0.15, 0.2) is 23.0 Å². The van der Waals surface area contributed by atoms with Crippen molar-refractivity contribution in [2.24, 2.45) is 0 Å². The summed E-state index contributed by atoms with van der Waals surface area (Å²) in [5, 5.41) is 5.70. The molecule has 0 unspecified atom stereocenters. The number of hydrogen-bond acceptors (Lipinski definition) is 5. The van der Waals surface area contributed by atoms with E-state index in [-0.39, 0.29) is 0 Å². The normalized spacial score (nSPS) is 11.4. The Bertz CT molecular complexity index is 1420. The molecule has 0 N–H and O–H groups in total. The molecule has 0 atom stereocenters. The topological polar surface area (TPSA) is 66.5 Å². The van der Waals surface area contributed by atoms with E-state index in [0.717, 1.165) is 46.7 Å². The van der Waals surface area contributed by atoms with Gasteiger partial charge in [0.1, 0.15) is 12.0 Å². The van der Waals surface area contributed by atoms with Crippen LogP contribution >= 0.6 is 0 Å². The third-order valence-corrected chi connectivity index (χ3v) is 6.05. The molecule has 162 valence electrons. The summed E-state index contributed by atoms with van der Waals surface area (Å²) in [5.41, 5.74) is 6.30. The quantitative estimate of drug-likeness (QED) is 0.395. The van der Waals surface area contributed by atoms with Crippen molar-refractivity contribution in [1.29, 1.82) is 0 Å². The van der Waals surface area contributed by atoms with Crippen LogP contribution in [0.1, 0.15) is 16.8 Å². The predicted octanol–water partition coefficient (Wildman–Crippen LogP) is 4.62. The van der Waals surface area contributed by atoms with E-state index < -0.39 is 0 Å². The molecule has 3 aromatic heterocycles. The molecular weight excluding hydrogens is 402 g/mol. The van der Waals surface area contributed by atoms with Crippen LogP contribution in [0.4, 0.5) is 0 Å². The minimum atomic E-state index is 0.704. The van der Waals surface area contributed by atoms with E-state index in [1.54, 1.807) is 25.1 Å². The lowest BCUT2D eigenvalue weighted by atomic mass is 10.1. The highest BCUT2D eigenvalue weighted by Gasteiger charge is 2.18. The zero-order valence-electron chi connectivity index (χ0n) is 18.7. The minimum Gasteiger partial charge on any atom is -0.493 e. The van der Waals surface area contributed by atoms with Crippen LogP contribution in [0.5, 0.6) is 11.5 Å². The number of aryl methyl sites for hydroxylation is 3. The van der Waals surface area contributed by atoms with Crippen LogP contribution in [-0.2, 0) is 13.0 Å². The second-order valence-electron chi connectivity index (χ2n) is 7.81. The van der Waals surface area contributed by atoms with Crippen molar-refractivity contribution in [3.63, 3.8) is 0 Å². The molecule has 2 aromatic carbocycles. The van der Waals surface area contributed by atoms with Crippen molar-refractivity contribution >= 4 is 16.7 Å². The number of benzene rings is 2. The van der Waals surface area contributed by atoms with Crippen LogP contribution in [0, 0.1) is 13.8 Å². The van der Waals surface area contributed by atoms with Gasteiger partial charge in [-0.15, -0.1) is 5.10 Å². The number of ether oxygens (including phenoxy) is 2. The zero-order chi connectivity index (χ0) is 22.2. The molecule has 5 rings (SSSR count). The molecule has 3 heterocycles. The largest absolute Gasteiger partial charge is 0.493 e. The molecule has 0 aliphatic carbocycles. The molecular formula is C25H25N5O2. The first kappa shape index (κ1) is 20.1. The minimum absolute atomic E-state index is 0.704. The number of aromatic nitrogens is 5. The third kappa shape index (κ3) is 3.26. The summed E-state index contributed by atoms with van der Waals surface area (Å²) in [7, 11) is 3.31.